The van der Waals surface area contributed by atoms with E-state index in [0.717, 1.165) is 42.4 Å². The van der Waals surface area contributed by atoms with E-state index in [1.807, 2.05) is 34.3 Å². The maximum Gasteiger partial charge on any atom is 0.338 e. The van der Waals surface area contributed by atoms with E-state index in [9.17, 15) is 9.59 Å². The van der Waals surface area contributed by atoms with Gasteiger partial charge in [-0.25, -0.2) is 9.79 Å². The lowest BCUT2D eigenvalue weighted by Gasteiger charge is -2.36. The Kier molecular flexibility index (Phi) is 7.23. The maximum atomic E-state index is 13.1. The lowest BCUT2D eigenvalue weighted by molar-refractivity contribution is -0.141. The number of likely N-dealkylation sites (tertiary alicyclic amines) is 1. The summed E-state index contributed by atoms with van der Waals surface area (Å²) >= 11 is 7.59. The molecular formula is C23H26ClN3O4S. The van der Waals surface area contributed by atoms with Crippen molar-refractivity contribution in [2.75, 3.05) is 33.4 Å². The molecule has 1 atom stereocenters. The first kappa shape index (κ1) is 22.9. The van der Waals surface area contributed by atoms with E-state index in [0.29, 0.717) is 22.9 Å². The molecule has 1 unspecified atom stereocenters. The number of halogens is 1. The highest BCUT2D eigenvalue weighted by molar-refractivity contribution is 8.16. The quantitative estimate of drug-likeness (QED) is 0.436. The van der Waals surface area contributed by atoms with E-state index in [2.05, 4.69) is 4.99 Å². The lowest BCUT2D eigenvalue weighted by atomic mass is 9.94. The van der Waals surface area contributed by atoms with Gasteiger partial charge in [-0.15, -0.1) is 0 Å². The Labute approximate surface area is 197 Å². The summed E-state index contributed by atoms with van der Waals surface area (Å²) < 4.78 is 10.5. The van der Waals surface area contributed by atoms with E-state index in [1.54, 1.807) is 19.2 Å². The minimum absolute atomic E-state index is 0.0981. The summed E-state index contributed by atoms with van der Waals surface area (Å²) in [5.74, 6) is -0.342. The number of hydrogen-bond donors (Lipinski definition) is 0. The fraction of sp³-hybridized carbons (Fsp3) is 0.435. The van der Waals surface area contributed by atoms with Crippen LogP contribution in [0.15, 0.2) is 51.6 Å². The Morgan fingerprint density at radius 1 is 1.19 bits per heavy atom. The van der Waals surface area contributed by atoms with Crippen molar-refractivity contribution in [2.24, 2.45) is 4.99 Å². The smallest absolute Gasteiger partial charge is 0.338 e. The average Bonchev–Trinajstić information content (AvgIpc) is 3.44. The van der Waals surface area contributed by atoms with Crippen molar-refractivity contribution in [1.29, 1.82) is 0 Å². The molecule has 0 spiro atoms. The van der Waals surface area contributed by atoms with Crippen LogP contribution in [0.3, 0.4) is 0 Å². The molecule has 3 aliphatic rings. The molecule has 1 aromatic rings. The number of allylic oxidation sites excluding steroid dienone is 1. The number of benzene rings is 1. The first-order chi connectivity index (χ1) is 15.5. The van der Waals surface area contributed by atoms with Crippen LogP contribution < -0.4 is 0 Å². The first-order valence-electron chi connectivity index (χ1n) is 10.6. The Bertz CT molecular complexity index is 983. The van der Waals surface area contributed by atoms with Gasteiger partial charge in [0.15, 0.2) is 5.17 Å². The number of ether oxygens (including phenoxy) is 2. The molecule has 0 aliphatic carbocycles. The second-order valence-corrected chi connectivity index (χ2v) is 9.11. The highest BCUT2D eigenvalue weighted by Gasteiger charge is 2.41. The maximum absolute atomic E-state index is 13.1. The van der Waals surface area contributed by atoms with Gasteiger partial charge >= 0.3 is 5.97 Å². The molecule has 0 saturated carbocycles. The number of carbonyl (C=O) groups is 2. The van der Waals surface area contributed by atoms with Gasteiger partial charge in [0.2, 0.25) is 5.91 Å². The van der Waals surface area contributed by atoms with Crippen LogP contribution in [0.4, 0.5) is 0 Å². The van der Waals surface area contributed by atoms with Crippen LogP contribution in [0.5, 0.6) is 0 Å². The first-order valence-corrected chi connectivity index (χ1v) is 11.9. The number of amidine groups is 1. The summed E-state index contributed by atoms with van der Waals surface area (Å²) in [5.41, 5.74) is 2.77. The van der Waals surface area contributed by atoms with Crippen LogP contribution in [0.2, 0.25) is 5.02 Å². The molecule has 1 aromatic carbocycles. The molecule has 4 rings (SSSR count). The molecule has 0 bridgehead atoms. The minimum Gasteiger partial charge on any atom is -0.460 e. The third kappa shape index (κ3) is 4.72. The lowest BCUT2D eigenvalue weighted by Crippen LogP contribution is -2.38. The zero-order valence-corrected chi connectivity index (χ0v) is 19.7. The zero-order valence-electron chi connectivity index (χ0n) is 18.2. The number of amides is 1. The van der Waals surface area contributed by atoms with Crippen LogP contribution in [-0.4, -0.2) is 60.3 Å². The monoisotopic (exact) mass is 475 g/mol. The fourth-order valence-electron chi connectivity index (χ4n) is 4.12. The van der Waals surface area contributed by atoms with Crippen molar-refractivity contribution in [1.82, 2.24) is 9.80 Å². The van der Waals surface area contributed by atoms with Crippen molar-refractivity contribution in [2.45, 2.75) is 32.2 Å². The zero-order chi connectivity index (χ0) is 22.7. The van der Waals surface area contributed by atoms with Gasteiger partial charge in [0.25, 0.3) is 0 Å². The third-order valence-electron chi connectivity index (χ3n) is 5.72. The van der Waals surface area contributed by atoms with E-state index in [-0.39, 0.29) is 18.9 Å². The number of hydrogen-bond acceptors (Lipinski definition) is 7. The Hall–Kier alpha value is -2.29. The van der Waals surface area contributed by atoms with Crippen molar-refractivity contribution < 1.29 is 19.1 Å². The summed E-state index contributed by atoms with van der Waals surface area (Å²) in [6.45, 7) is 3.89. The number of nitrogens with zero attached hydrogens (tertiary/aromatic N) is 3. The topological polar surface area (TPSA) is 71.4 Å². The second-order valence-electron chi connectivity index (χ2n) is 7.84. The third-order valence-corrected chi connectivity index (χ3v) is 6.86. The molecule has 9 heteroatoms. The largest absolute Gasteiger partial charge is 0.460 e. The average molecular weight is 476 g/mol. The molecule has 1 amide bonds. The van der Waals surface area contributed by atoms with Gasteiger partial charge in [0.1, 0.15) is 6.61 Å². The molecule has 1 fully saturated rings. The number of aliphatic imine (C=N–C) groups is 1. The predicted octanol–water partition coefficient (Wildman–Crippen LogP) is 4.12. The van der Waals surface area contributed by atoms with Gasteiger partial charge in [-0.05, 0) is 42.9 Å². The van der Waals surface area contributed by atoms with E-state index in [4.69, 9.17) is 21.1 Å². The molecule has 7 nitrogen and oxygen atoms in total. The van der Waals surface area contributed by atoms with Crippen LogP contribution in [0.1, 0.15) is 37.8 Å². The number of fused-ring (bicyclic) bond motifs is 1. The molecule has 3 aliphatic heterocycles. The molecular weight excluding hydrogens is 450 g/mol. The van der Waals surface area contributed by atoms with Crippen molar-refractivity contribution in [3.63, 3.8) is 0 Å². The fourth-order valence-corrected chi connectivity index (χ4v) is 5.21. The Balaban J connectivity index is 1.67. The predicted molar refractivity (Wildman–Crippen MR) is 125 cm³/mol. The number of rotatable bonds is 7. The minimum atomic E-state index is -0.456. The Morgan fingerprint density at radius 3 is 2.59 bits per heavy atom. The normalized spacial score (nSPS) is 20.3. The van der Waals surface area contributed by atoms with Crippen LogP contribution in [0, 0.1) is 0 Å². The SMILES string of the molecule is COCCOC(=O)C1=C(C)N=C2SC=C(CC(=O)N3CCCC3)N2C1c1ccc(Cl)cc1. The van der Waals surface area contributed by atoms with Gasteiger partial charge in [-0.1, -0.05) is 35.5 Å². The van der Waals surface area contributed by atoms with Gasteiger partial charge in [-0.2, -0.15) is 0 Å². The molecule has 32 heavy (non-hydrogen) atoms. The summed E-state index contributed by atoms with van der Waals surface area (Å²) in [4.78, 5) is 34.6. The summed E-state index contributed by atoms with van der Waals surface area (Å²) in [7, 11) is 1.56. The van der Waals surface area contributed by atoms with Gasteiger partial charge in [-0.3, -0.25) is 4.79 Å². The molecule has 0 aromatic heterocycles. The van der Waals surface area contributed by atoms with Crippen molar-refractivity contribution in [3.05, 3.63) is 57.2 Å². The summed E-state index contributed by atoms with van der Waals surface area (Å²) in [6, 6.07) is 6.94. The second kappa shape index (κ2) is 10.1. The van der Waals surface area contributed by atoms with Gasteiger partial charge in [0, 0.05) is 30.9 Å². The van der Waals surface area contributed by atoms with E-state index in [1.165, 1.54) is 11.8 Å². The number of carbonyl (C=O) groups excluding carboxylic acids is 2. The highest BCUT2D eigenvalue weighted by Crippen LogP contribution is 2.45. The molecule has 3 heterocycles. The number of methoxy groups -OCH3 is 1. The summed E-state index contributed by atoms with van der Waals surface area (Å²) in [6.07, 6.45) is 2.35. The van der Waals surface area contributed by atoms with Gasteiger partial charge in [0.05, 0.1) is 30.3 Å². The molecule has 0 radical (unpaired) electrons. The van der Waals surface area contributed by atoms with E-state index < -0.39 is 12.0 Å². The number of esters is 1. The molecule has 0 N–H and O–H groups in total. The van der Waals surface area contributed by atoms with Gasteiger partial charge < -0.3 is 19.3 Å². The highest BCUT2D eigenvalue weighted by atomic mass is 35.5. The van der Waals surface area contributed by atoms with Crippen LogP contribution >= 0.6 is 23.4 Å². The Morgan fingerprint density at radius 2 is 1.91 bits per heavy atom. The molecule has 1 saturated heterocycles. The number of thioether (sulfide) groups is 1. The van der Waals surface area contributed by atoms with Crippen LogP contribution in [0.25, 0.3) is 0 Å². The summed E-state index contributed by atoms with van der Waals surface area (Å²) in [5, 5.41) is 3.32. The van der Waals surface area contributed by atoms with Crippen molar-refractivity contribution in [3.8, 4) is 0 Å². The van der Waals surface area contributed by atoms with E-state index >= 15 is 0 Å². The van der Waals surface area contributed by atoms with Crippen molar-refractivity contribution >= 4 is 40.4 Å². The molecule has 170 valence electrons. The standard InChI is InChI=1S/C23H26ClN3O4S/c1-15-20(22(29)31-12-11-30-2)21(16-5-7-17(24)8-6-16)27-18(14-32-23(27)25-15)13-19(28)26-9-3-4-10-26/h5-8,14,21H,3-4,9-13H2,1-2H3. The van der Waals surface area contributed by atoms with Crippen LogP contribution in [-0.2, 0) is 19.1 Å².